The van der Waals surface area contributed by atoms with E-state index in [2.05, 4.69) is 10.3 Å². The third-order valence-electron chi connectivity index (χ3n) is 2.40. The molecule has 0 atom stereocenters. The molecular formula is C11H13N3O2S. The Morgan fingerprint density at radius 2 is 2.47 bits per heavy atom. The van der Waals surface area contributed by atoms with Gasteiger partial charge in [0.05, 0.1) is 11.9 Å². The molecule has 0 bridgehead atoms. The second-order valence-electron chi connectivity index (χ2n) is 3.64. The van der Waals surface area contributed by atoms with Crippen molar-refractivity contribution in [2.45, 2.75) is 6.42 Å². The van der Waals surface area contributed by atoms with Gasteiger partial charge in [-0.25, -0.2) is 0 Å². The van der Waals surface area contributed by atoms with Crippen molar-refractivity contribution in [1.29, 1.82) is 0 Å². The Hall–Kier alpha value is -1.56. The van der Waals surface area contributed by atoms with Gasteiger partial charge in [-0.05, 0) is 12.1 Å². The van der Waals surface area contributed by atoms with Gasteiger partial charge in [-0.1, -0.05) is 11.8 Å². The van der Waals surface area contributed by atoms with Crippen LogP contribution in [0.4, 0.5) is 10.5 Å². The fourth-order valence-electron chi connectivity index (χ4n) is 1.53. The topological polar surface area (TPSA) is 62.3 Å². The Bertz CT molecular complexity index is 410. The van der Waals surface area contributed by atoms with Crippen molar-refractivity contribution in [3.8, 4) is 0 Å². The van der Waals surface area contributed by atoms with Gasteiger partial charge in [-0.2, -0.15) is 0 Å². The zero-order valence-corrected chi connectivity index (χ0v) is 10.1. The van der Waals surface area contributed by atoms with E-state index in [1.54, 1.807) is 29.4 Å². The Kier molecular flexibility index (Phi) is 3.98. The van der Waals surface area contributed by atoms with Crippen LogP contribution in [0.2, 0.25) is 0 Å². The number of hydrogen-bond donors (Lipinski definition) is 1. The second kappa shape index (κ2) is 5.67. The Labute approximate surface area is 104 Å². The number of aromatic nitrogens is 1. The highest BCUT2D eigenvalue weighted by Gasteiger charge is 2.21. The minimum absolute atomic E-state index is 0.0687. The summed E-state index contributed by atoms with van der Waals surface area (Å²) in [4.78, 5) is 28.5. The van der Waals surface area contributed by atoms with Crippen molar-refractivity contribution < 1.29 is 9.59 Å². The number of pyridine rings is 1. The number of thioether (sulfide) groups is 1. The van der Waals surface area contributed by atoms with Crippen LogP contribution in [0.5, 0.6) is 0 Å². The predicted octanol–water partition coefficient (Wildman–Crippen LogP) is 1.58. The van der Waals surface area contributed by atoms with Crippen LogP contribution in [0, 0.1) is 0 Å². The van der Waals surface area contributed by atoms with E-state index in [1.807, 2.05) is 0 Å². The average Bonchev–Trinajstić information content (AvgIpc) is 2.74. The molecule has 1 fully saturated rings. The highest BCUT2D eigenvalue weighted by atomic mass is 32.2. The maximum Gasteiger partial charge on any atom is 0.281 e. The molecule has 2 heterocycles. The van der Waals surface area contributed by atoms with Crippen LogP contribution in [0.3, 0.4) is 0 Å². The summed E-state index contributed by atoms with van der Waals surface area (Å²) in [5.41, 5.74) is 0.680. The first kappa shape index (κ1) is 11.9. The van der Waals surface area contributed by atoms with Gasteiger partial charge in [0.1, 0.15) is 0 Å². The number of amides is 2. The lowest BCUT2D eigenvalue weighted by atomic mass is 10.3. The van der Waals surface area contributed by atoms with Gasteiger partial charge in [0.2, 0.25) is 5.91 Å². The molecule has 1 saturated heterocycles. The van der Waals surface area contributed by atoms with Crippen molar-refractivity contribution >= 4 is 28.6 Å². The van der Waals surface area contributed by atoms with Gasteiger partial charge >= 0.3 is 0 Å². The maximum absolute atomic E-state index is 11.6. The molecule has 6 heteroatoms. The number of nitrogens with one attached hydrogen (secondary N) is 1. The van der Waals surface area contributed by atoms with E-state index in [0.717, 1.165) is 12.3 Å². The predicted molar refractivity (Wildman–Crippen MR) is 66.9 cm³/mol. The molecule has 0 unspecified atom stereocenters. The van der Waals surface area contributed by atoms with Gasteiger partial charge in [-0.15, -0.1) is 0 Å². The van der Waals surface area contributed by atoms with Gasteiger partial charge in [-0.3, -0.25) is 14.6 Å². The monoisotopic (exact) mass is 251 g/mol. The molecule has 1 aliphatic heterocycles. The quantitative estimate of drug-likeness (QED) is 0.882. The number of carbonyl (C=O) groups excluding carboxylic acids is 2. The van der Waals surface area contributed by atoms with Gasteiger partial charge in [0.15, 0.2) is 0 Å². The summed E-state index contributed by atoms with van der Waals surface area (Å²) in [7, 11) is 0. The number of rotatable bonds is 4. The molecule has 90 valence electrons. The lowest BCUT2D eigenvalue weighted by molar-refractivity contribution is -0.116. The standard InChI is InChI=1S/C11H13N3O2S/c15-10(13-9-2-1-4-12-8-9)3-5-14-6-7-17-11(14)16/h1-2,4,8H,3,5-7H2,(H,13,15). The number of carbonyl (C=O) groups is 2. The van der Waals surface area contributed by atoms with Crippen LogP contribution in [0.15, 0.2) is 24.5 Å². The summed E-state index contributed by atoms with van der Waals surface area (Å²) in [6.07, 6.45) is 3.56. The van der Waals surface area contributed by atoms with Crippen molar-refractivity contribution in [3.63, 3.8) is 0 Å². The van der Waals surface area contributed by atoms with Crippen LogP contribution in [-0.2, 0) is 4.79 Å². The zero-order valence-electron chi connectivity index (χ0n) is 9.26. The molecule has 0 saturated carbocycles. The third kappa shape index (κ3) is 3.45. The van der Waals surface area contributed by atoms with Crippen molar-refractivity contribution in [2.75, 3.05) is 24.2 Å². The summed E-state index contributed by atoms with van der Waals surface area (Å²) >= 11 is 1.31. The molecule has 0 aromatic carbocycles. The summed E-state index contributed by atoms with van der Waals surface area (Å²) in [6.45, 7) is 1.22. The van der Waals surface area contributed by atoms with Crippen LogP contribution >= 0.6 is 11.8 Å². The molecule has 0 aliphatic carbocycles. The molecule has 5 nitrogen and oxygen atoms in total. The highest BCUT2D eigenvalue weighted by molar-refractivity contribution is 8.13. The van der Waals surface area contributed by atoms with E-state index < -0.39 is 0 Å². The average molecular weight is 251 g/mol. The fraction of sp³-hybridized carbons (Fsp3) is 0.364. The maximum atomic E-state index is 11.6. The van der Waals surface area contributed by atoms with Crippen LogP contribution in [-0.4, -0.2) is 39.9 Å². The molecule has 0 spiro atoms. The second-order valence-corrected chi connectivity index (χ2v) is 4.69. The lowest BCUT2D eigenvalue weighted by Crippen LogP contribution is -2.27. The van der Waals surface area contributed by atoms with Crippen molar-refractivity contribution in [2.24, 2.45) is 0 Å². The van der Waals surface area contributed by atoms with Crippen LogP contribution in [0.1, 0.15) is 6.42 Å². The van der Waals surface area contributed by atoms with E-state index in [9.17, 15) is 9.59 Å². The zero-order chi connectivity index (χ0) is 12.1. The van der Waals surface area contributed by atoms with E-state index >= 15 is 0 Å². The van der Waals surface area contributed by atoms with E-state index in [0.29, 0.717) is 18.7 Å². The Morgan fingerprint density at radius 3 is 3.12 bits per heavy atom. The molecule has 2 rings (SSSR count). The third-order valence-corrected chi connectivity index (χ3v) is 3.29. The molecule has 2 amide bonds. The summed E-state index contributed by atoms with van der Waals surface area (Å²) < 4.78 is 0. The number of anilines is 1. The van der Waals surface area contributed by atoms with Crippen LogP contribution < -0.4 is 5.32 Å². The van der Waals surface area contributed by atoms with E-state index in [-0.39, 0.29) is 11.1 Å². The fourth-order valence-corrected chi connectivity index (χ4v) is 2.38. The summed E-state index contributed by atoms with van der Waals surface area (Å²) in [6, 6.07) is 3.54. The SMILES string of the molecule is O=C(CCN1CCSC1=O)Nc1cccnc1. The Balaban J connectivity index is 1.76. The van der Waals surface area contributed by atoms with Gasteiger partial charge < -0.3 is 10.2 Å². The first-order valence-corrected chi connectivity index (χ1v) is 6.36. The summed E-state index contributed by atoms with van der Waals surface area (Å²) in [5.74, 6) is 0.728. The van der Waals surface area contributed by atoms with E-state index in [4.69, 9.17) is 0 Å². The molecule has 1 aliphatic rings. The van der Waals surface area contributed by atoms with Crippen molar-refractivity contribution in [3.05, 3.63) is 24.5 Å². The van der Waals surface area contributed by atoms with Gasteiger partial charge in [0, 0.05) is 31.5 Å². The molecule has 0 radical (unpaired) electrons. The smallest absolute Gasteiger partial charge is 0.281 e. The Morgan fingerprint density at radius 1 is 1.59 bits per heavy atom. The molecule has 1 aromatic rings. The van der Waals surface area contributed by atoms with Gasteiger partial charge in [0.25, 0.3) is 5.24 Å². The first-order chi connectivity index (χ1) is 8.25. The molecular weight excluding hydrogens is 238 g/mol. The lowest BCUT2D eigenvalue weighted by Gasteiger charge is -2.13. The number of hydrogen-bond acceptors (Lipinski definition) is 4. The largest absolute Gasteiger partial charge is 0.332 e. The van der Waals surface area contributed by atoms with E-state index in [1.165, 1.54) is 11.8 Å². The summed E-state index contributed by atoms with van der Waals surface area (Å²) in [5, 5.41) is 2.80. The molecule has 1 aromatic heterocycles. The highest BCUT2D eigenvalue weighted by Crippen LogP contribution is 2.17. The molecule has 1 N–H and O–H groups in total. The first-order valence-electron chi connectivity index (χ1n) is 5.37. The number of nitrogens with zero attached hydrogens (tertiary/aromatic N) is 2. The minimum atomic E-state index is -0.0947. The minimum Gasteiger partial charge on any atom is -0.332 e. The van der Waals surface area contributed by atoms with Crippen molar-refractivity contribution in [1.82, 2.24) is 9.88 Å². The van der Waals surface area contributed by atoms with Crippen LogP contribution in [0.25, 0.3) is 0 Å². The molecule has 17 heavy (non-hydrogen) atoms. The normalized spacial score (nSPS) is 15.1.